The summed E-state index contributed by atoms with van der Waals surface area (Å²) in [7, 11) is 0. The summed E-state index contributed by atoms with van der Waals surface area (Å²) in [5.74, 6) is -0.390. The minimum atomic E-state index is -1.18. The fraction of sp³-hybridized carbons (Fsp3) is 0.500. The number of carboxylic acid groups (broad SMARTS) is 1. The van der Waals surface area contributed by atoms with Crippen LogP contribution >= 0.6 is 11.8 Å². The van der Waals surface area contributed by atoms with Gasteiger partial charge in [0.1, 0.15) is 5.82 Å². The van der Waals surface area contributed by atoms with Crippen molar-refractivity contribution in [2.45, 2.75) is 36.5 Å². The molecule has 1 amide bonds. The van der Waals surface area contributed by atoms with E-state index >= 15 is 0 Å². The lowest BCUT2D eigenvalue weighted by atomic mass is 9.79. The Morgan fingerprint density at radius 2 is 2.17 bits per heavy atom. The van der Waals surface area contributed by atoms with Gasteiger partial charge in [-0.2, -0.15) is 0 Å². The number of nitrogens with zero attached hydrogens (tertiary/aromatic N) is 1. The molecule has 0 radical (unpaired) electrons. The molecule has 130 valence electrons. The van der Waals surface area contributed by atoms with Gasteiger partial charge in [0, 0.05) is 29.2 Å². The van der Waals surface area contributed by atoms with Gasteiger partial charge in [0.05, 0.1) is 5.54 Å². The molecule has 0 saturated carbocycles. The number of nitrogen functional groups attached to an aromatic ring is 1. The Bertz CT molecular complexity index is 691. The average molecular weight is 353 g/mol. The number of ether oxygens (including phenoxy) is 1. The van der Waals surface area contributed by atoms with Gasteiger partial charge in [-0.1, -0.05) is 11.8 Å². The van der Waals surface area contributed by atoms with Gasteiger partial charge in [-0.05, 0) is 44.4 Å². The topological polar surface area (TPSA) is 96.9 Å². The number of aliphatic imine (C=N–C) groups is 1. The van der Waals surface area contributed by atoms with Crippen LogP contribution in [0.5, 0.6) is 0 Å². The Balaban J connectivity index is 2.05. The highest BCUT2D eigenvalue weighted by Gasteiger charge is 2.47. The summed E-state index contributed by atoms with van der Waals surface area (Å²) in [4.78, 5) is 15.6. The van der Waals surface area contributed by atoms with E-state index in [2.05, 4.69) is 10.3 Å². The molecule has 2 heterocycles. The summed E-state index contributed by atoms with van der Waals surface area (Å²) in [5.41, 5.74) is 5.78. The van der Waals surface area contributed by atoms with Crippen molar-refractivity contribution in [3.8, 4) is 0 Å². The first-order chi connectivity index (χ1) is 11.3. The number of benzene rings is 1. The highest BCUT2D eigenvalue weighted by atomic mass is 32.2. The zero-order valence-corrected chi connectivity index (χ0v) is 14.2. The summed E-state index contributed by atoms with van der Waals surface area (Å²) in [5, 5.41) is 11.7. The number of amides is 1. The van der Waals surface area contributed by atoms with Crippen LogP contribution in [0.2, 0.25) is 0 Å². The van der Waals surface area contributed by atoms with Crippen LogP contribution in [0.4, 0.5) is 14.9 Å². The summed E-state index contributed by atoms with van der Waals surface area (Å²) in [6.07, 6.45) is 0.939. The molecule has 3 rings (SSSR count). The zero-order chi connectivity index (χ0) is 17.4. The zero-order valence-electron chi connectivity index (χ0n) is 13.3. The maximum Gasteiger partial charge on any atom is 0.410 e. The summed E-state index contributed by atoms with van der Waals surface area (Å²) >= 11 is 1.41. The fourth-order valence-electron chi connectivity index (χ4n) is 3.43. The first-order valence-corrected chi connectivity index (χ1v) is 8.56. The predicted molar refractivity (Wildman–Crippen MR) is 91.8 cm³/mol. The molecule has 4 N–H and O–H groups in total. The Labute approximate surface area is 143 Å². The van der Waals surface area contributed by atoms with E-state index in [1.165, 1.54) is 23.9 Å². The molecule has 6 nitrogen and oxygen atoms in total. The second-order valence-corrected chi connectivity index (χ2v) is 7.89. The van der Waals surface area contributed by atoms with Gasteiger partial charge in [0.2, 0.25) is 0 Å². The van der Waals surface area contributed by atoms with Crippen LogP contribution in [0.1, 0.15) is 31.7 Å². The van der Waals surface area contributed by atoms with Gasteiger partial charge in [-0.25, -0.2) is 9.18 Å². The van der Waals surface area contributed by atoms with E-state index in [9.17, 15) is 9.18 Å². The maximum atomic E-state index is 14.5. The van der Waals surface area contributed by atoms with E-state index in [1.807, 2.05) is 6.92 Å². The molecule has 1 saturated heterocycles. The third-order valence-electron chi connectivity index (χ3n) is 4.52. The first-order valence-electron chi connectivity index (χ1n) is 7.74. The Hall–Kier alpha value is -1.80. The molecule has 8 heteroatoms. The van der Waals surface area contributed by atoms with Crippen LogP contribution in [0.15, 0.2) is 23.2 Å². The number of hydrogen-bond donors (Lipinski definition) is 3. The molecule has 1 aromatic carbocycles. The quantitative estimate of drug-likeness (QED) is 0.675. The van der Waals surface area contributed by atoms with Gasteiger partial charge in [0.15, 0.2) is 5.17 Å². The van der Waals surface area contributed by atoms with Crippen molar-refractivity contribution in [3.63, 3.8) is 0 Å². The molecule has 0 bridgehead atoms. The van der Waals surface area contributed by atoms with E-state index in [4.69, 9.17) is 15.6 Å². The SMILES string of the molecule is CC1(c2cc(N)ccc2F)CC2(CCOCC2)SC(NC(=O)O)=N1. The normalized spacial score (nSPS) is 26.0. The Morgan fingerprint density at radius 3 is 2.83 bits per heavy atom. The second kappa shape index (κ2) is 6.25. The molecule has 0 aliphatic carbocycles. The molecule has 24 heavy (non-hydrogen) atoms. The van der Waals surface area contributed by atoms with E-state index in [-0.39, 0.29) is 10.6 Å². The highest BCUT2D eigenvalue weighted by Crippen LogP contribution is 2.50. The number of carbonyl (C=O) groups is 1. The molecule has 1 unspecified atom stereocenters. The van der Waals surface area contributed by atoms with Crippen LogP contribution in [-0.4, -0.2) is 34.3 Å². The summed E-state index contributed by atoms with van der Waals surface area (Å²) in [6.45, 7) is 3.02. The van der Waals surface area contributed by atoms with Crippen molar-refractivity contribution < 1.29 is 19.0 Å². The van der Waals surface area contributed by atoms with Gasteiger partial charge >= 0.3 is 6.09 Å². The molecule has 1 atom stereocenters. The standard InChI is InChI=1S/C16H20FN3O3S/c1-15(11-8-10(18)2-3-12(11)17)9-16(4-6-23-7-5-16)24-13(20-15)19-14(21)22/h2-3,8H,4-7,9,18H2,1H3,(H,19,20)(H,21,22). The molecule has 1 spiro atoms. The largest absolute Gasteiger partial charge is 0.465 e. The number of amidine groups is 1. The number of anilines is 1. The van der Waals surface area contributed by atoms with Gasteiger partial charge in [0.25, 0.3) is 0 Å². The molecule has 2 aliphatic heterocycles. The number of thioether (sulfide) groups is 1. The highest BCUT2D eigenvalue weighted by molar-refractivity contribution is 8.15. The number of nitrogens with one attached hydrogen (secondary N) is 1. The molecular formula is C16H20FN3O3S. The lowest BCUT2D eigenvalue weighted by molar-refractivity contribution is 0.0690. The minimum Gasteiger partial charge on any atom is -0.465 e. The van der Waals surface area contributed by atoms with E-state index in [1.54, 1.807) is 6.07 Å². The Kier molecular flexibility index (Phi) is 4.44. The van der Waals surface area contributed by atoms with Gasteiger partial charge in [-0.15, -0.1) is 0 Å². The summed E-state index contributed by atoms with van der Waals surface area (Å²) in [6, 6.07) is 4.42. The predicted octanol–water partition coefficient (Wildman–Crippen LogP) is 2.93. The maximum absolute atomic E-state index is 14.5. The van der Waals surface area contributed by atoms with Crippen molar-refractivity contribution in [1.82, 2.24) is 5.32 Å². The van der Waals surface area contributed by atoms with Gasteiger partial charge in [-0.3, -0.25) is 10.3 Å². The van der Waals surface area contributed by atoms with E-state index in [0.29, 0.717) is 36.1 Å². The van der Waals surface area contributed by atoms with Crippen molar-refractivity contribution in [3.05, 3.63) is 29.6 Å². The smallest absolute Gasteiger partial charge is 0.410 e. The molecule has 1 aromatic rings. The first kappa shape index (κ1) is 17.0. The van der Waals surface area contributed by atoms with E-state index in [0.717, 1.165) is 12.8 Å². The second-order valence-electron chi connectivity index (χ2n) is 6.43. The monoisotopic (exact) mass is 353 g/mol. The van der Waals surface area contributed by atoms with Crippen molar-refractivity contribution in [1.29, 1.82) is 0 Å². The number of halogens is 1. The lowest BCUT2D eigenvalue weighted by Gasteiger charge is -2.45. The van der Waals surface area contributed by atoms with Crippen molar-refractivity contribution in [2.75, 3.05) is 18.9 Å². The van der Waals surface area contributed by atoms with Crippen LogP contribution in [-0.2, 0) is 10.3 Å². The van der Waals surface area contributed by atoms with Crippen LogP contribution in [0.3, 0.4) is 0 Å². The fourth-order valence-corrected chi connectivity index (χ4v) is 4.95. The minimum absolute atomic E-state index is 0.233. The Morgan fingerprint density at radius 1 is 1.46 bits per heavy atom. The lowest BCUT2D eigenvalue weighted by Crippen LogP contribution is -2.47. The van der Waals surface area contributed by atoms with Crippen molar-refractivity contribution >= 4 is 28.7 Å². The van der Waals surface area contributed by atoms with Gasteiger partial charge < -0.3 is 15.6 Å². The van der Waals surface area contributed by atoms with Crippen LogP contribution in [0, 0.1) is 5.82 Å². The van der Waals surface area contributed by atoms with Crippen LogP contribution in [0.25, 0.3) is 0 Å². The number of rotatable bonds is 1. The molecule has 2 aliphatic rings. The van der Waals surface area contributed by atoms with E-state index < -0.39 is 11.6 Å². The van der Waals surface area contributed by atoms with Crippen molar-refractivity contribution in [2.24, 2.45) is 4.99 Å². The third-order valence-corrected chi connectivity index (χ3v) is 5.89. The molecule has 0 aromatic heterocycles. The van der Waals surface area contributed by atoms with Crippen LogP contribution < -0.4 is 11.1 Å². The number of hydrogen-bond acceptors (Lipinski definition) is 5. The third kappa shape index (κ3) is 3.34. The summed E-state index contributed by atoms with van der Waals surface area (Å²) < 4.78 is 19.7. The number of nitrogens with two attached hydrogens (primary N) is 1. The molecular weight excluding hydrogens is 333 g/mol. The molecule has 1 fully saturated rings. The average Bonchev–Trinajstić information content (AvgIpc) is 2.49.